The lowest BCUT2D eigenvalue weighted by Crippen LogP contribution is -2.30. The highest BCUT2D eigenvalue weighted by Crippen LogP contribution is 2.37. The molecule has 1 unspecified atom stereocenters. The molecule has 1 saturated heterocycles. The smallest absolute Gasteiger partial charge is 0.258 e. The molecular weight excluding hydrogens is 340 g/mol. The third-order valence-electron chi connectivity index (χ3n) is 4.65. The largest absolute Gasteiger partial charge is 0.273 e. The van der Waals surface area contributed by atoms with Crippen molar-refractivity contribution >= 4 is 15.7 Å². The van der Waals surface area contributed by atoms with E-state index in [0.717, 1.165) is 30.0 Å². The van der Waals surface area contributed by atoms with E-state index in [1.807, 2.05) is 31.2 Å². The van der Waals surface area contributed by atoms with Crippen LogP contribution in [-0.4, -0.2) is 24.2 Å². The standard InChI is InChI=1S/C18H20N2O4S/c1-13-5-8-15(9-6-13)17-4-3-11-19(17)25(23,24)16-10-7-14(2)18(12-16)20(21)22/h5-10,12,17H,3-4,11H2,1-2H3. The Bertz CT molecular complexity index is 907. The summed E-state index contributed by atoms with van der Waals surface area (Å²) in [5.41, 5.74) is 2.34. The van der Waals surface area contributed by atoms with Gasteiger partial charge >= 0.3 is 0 Å². The molecule has 1 atom stereocenters. The van der Waals surface area contributed by atoms with Crippen LogP contribution in [0.25, 0.3) is 0 Å². The minimum Gasteiger partial charge on any atom is -0.258 e. The molecule has 0 radical (unpaired) electrons. The lowest BCUT2D eigenvalue weighted by molar-refractivity contribution is -0.385. The van der Waals surface area contributed by atoms with Gasteiger partial charge in [-0.15, -0.1) is 0 Å². The van der Waals surface area contributed by atoms with Gasteiger partial charge in [0.2, 0.25) is 10.0 Å². The van der Waals surface area contributed by atoms with Crippen LogP contribution in [0.4, 0.5) is 5.69 Å². The zero-order valence-electron chi connectivity index (χ0n) is 14.2. The second-order valence-electron chi connectivity index (χ2n) is 6.39. The Balaban J connectivity index is 2.00. The van der Waals surface area contributed by atoms with E-state index in [4.69, 9.17) is 0 Å². The number of nitro groups is 1. The first-order valence-corrected chi connectivity index (χ1v) is 9.58. The van der Waals surface area contributed by atoms with E-state index in [2.05, 4.69) is 0 Å². The Labute approximate surface area is 147 Å². The predicted octanol–water partition coefficient (Wildman–Crippen LogP) is 3.74. The fourth-order valence-corrected chi connectivity index (χ4v) is 4.93. The zero-order valence-corrected chi connectivity index (χ0v) is 15.0. The van der Waals surface area contributed by atoms with Gasteiger partial charge < -0.3 is 0 Å². The van der Waals surface area contributed by atoms with Crippen molar-refractivity contribution in [3.05, 3.63) is 69.3 Å². The zero-order chi connectivity index (χ0) is 18.2. The lowest BCUT2D eigenvalue weighted by Gasteiger charge is -2.24. The quantitative estimate of drug-likeness (QED) is 0.614. The number of aryl methyl sites for hydroxylation is 2. The summed E-state index contributed by atoms with van der Waals surface area (Å²) in [6.45, 7) is 4.00. The molecule has 132 valence electrons. The maximum atomic E-state index is 13.1. The number of nitro benzene ring substituents is 1. The van der Waals surface area contributed by atoms with Crippen molar-refractivity contribution in [2.24, 2.45) is 0 Å². The van der Waals surface area contributed by atoms with E-state index < -0.39 is 14.9 Å². The molecule has 25 heavy (non-hydrogen) atoms. The SMILES string of the molecule is Cc1ccc(C2CCCN2S(=O)(=O)c2ccc(C)c([N+](=O)[O-])c2)cc1. The van der Waals surface area contributed by atoms with Crippen LogP contribution >= 0.6 is 0 Å². The summed E-state index contributed by atoms with van der Waals surface area (Å²) in [5, 5.41) is 11.1. The lowest BCUT2D eigenvalue weighted by atomic mass is 10.0. The van der Waals surface area contributed by atoms with Crippen LogP contribution in [0.2, 0.25) is 0 Å². The fourth-order valence-electron chi connectivity index (χ4n) is 3.23. The van der Waals surface area contributed by atoms with Crippen molar-refractivity contribution in [1.82, 2.24) is 4.31 Å². The van der Waals surface area contributed by atoms with Gasteiger partial charge in [-0.1, -0.05) is 35.9 Å². The normalized spacial score (nSPS) is 18.4. The van der Waals surface area contributed by atoms with E-state index in [1.165, 1.54) is 16.4 Å². The summed E-state index contributed by atoms with van der Waals surface area (Å²) < 4.78 is 27.6. The molecule has 1 aliphatic heterocycles. The van der Waals surface area contributed by atoms with Gasteiger partial charge in [0.15, 0.2) is 0 Å². The van der Waals surface area contributed by atoms with Crippen LogP contribution in [0.3, 0.4) is 0 Å². The molecule has 0 N–H and O–H groups in total. The van der Waals surface area contributed by atoms with Crippen LogP contribution < -0.4 is 0 Å². The molecule has 2 aromatic rings. The molecule has 7 heteroatoms. The minimum atomic E-state index is -3.79. The highest BCUT2D eigenvalue weighted by Gasteiger charge is 2.36. The third kappa shape index (κ3) is 3.29. The van der Waals surface area contributed by atoms with Crippen LogP contribution in [0.1, 0.15) is 35.6 Å². The first-order chi connectivity index (χ1) is 11.8. The van der Waals surface area contributed by atoms with E-state index >= 15 is 0 Å². The molecule has 2 aromatic carbocycles. The Morgan fingerprint density at radius 3 is 2.44 bits per heavy atom. The predicted molar refractivity (Wildman–Crippen MR) is 94.9 cm³/mol. The summed E-state index contributed by atoms with van der Waals surface area (Å²) >= 11 is 0. The van der Waals surface area contributed by atoms with Crippen molar-refractivity contribution in [1.29, 1.82) is 0 Å². The summed E-state index contributed by atoms with van der Waals surface area (Å²) in [6, 6.07) is 11.7. The Morgan fingerprint density at radius 2 is 1.80 bits per heavy atom. The Morgan fingerprint density at radius 1 is 1.12 bits per heavy atom. The van der Waals surface area contributed by atoms with Gasteiger partial charge in [0.05, 0.1) is 15.9 Å². The number of hydrogen-bond donors (Lipinski definition) is 0. The Kier molecular flexibility index (Phi) is 4.62. The average molecular weight is 360 g/mol. The first-order valence-electron chi connectivity index (χ1n) is 8.14. The molecule has 0 saturated carbocycles. The van der Waals surface area contributed by atoms with E-state index in [-0.39, 0.29) is 16.6 Å². The monoisotopic (exact) mass is 360 g/mol. The van der Waals surface area contributed by atoms with Gasteiger partial charge in [0.25, 0.3) is 5.69 Å². The highest BCUT2D eigenvalue weighted by atomic mass is 32.2. The summed E-state index contributed by atoms with van der Waals surface area (Å²) in [6.07, 6.45) is 1.52. The van der Waals surface area contributed by atoms with Crippen LogP contribution in [-0.2, 0) is 10.0 Å². The number of sulfonamides is 1. The van der Waals surface area contributed by atoms with Crippen LogP contribution in [0.5, 0.6) is 0 Å². The maximum Gasteiger partial charge on any atom is 0.273 e. The van der Waals surface area contributed by atoms with Crippen molar-refractivity contribution in [2.75, 3.05) is 6.54 Å². The van der Waals surface area contributed by atoms with Gasteiger partial charge in [-0.2, -0.15) is 4.31 Å². The van der Waals surface area contributed by atoms with Gasteiger partial charge in [-0.05, 0) is 38.3 Å². The summed E-state index contributed by atoms with van der Waals surface area (Å²) in [4.78, 5) is 10.6. The minimum absolute atomic E-state index is 0.0242. The van der Waals surface area contributed by atoms with Crippen molar-refractivity contribution < 1.29 is 13.3 Å². The molecular formula is C18H20N2O4S. The van der Waals surface area contributed by atoms with E-state index in [1.54, 1.807) is 6.92 Å². The van der Waals surface area contributed by atoms with Crippen LogP contribution in [0.15, 0.2) is 47.4 Å². The van der Waals surface area contributed by atoms with E-state index in [0.29, 0.717) is 12.1 Å². The van der Waals surface area contributed by atoms with Crippen molar-refractivity contribution in [3.63, 3.8) is 0 Å². The molecule has 3 rings (SSSR count). The van der Waals surface area contributed by atoms with Crippen molar-refractivity contribution in [3.8, 4) is 0 Å². The molecule has 0 aromatic heterocycles. The second kappa shape index (κ2) is 6.57. The molecule has 1 fully saturated rings. The fraction of sp³-hybridized carbons (Fsp3) is 0.333. The summed E-state index contributed by atoms with van der Waals surface area (Å²) in [5.74, 6) is 0. The van der Waals surface area contributed by atoms with Gasteiger partial charge in [-0.3, -0.25) is 10.1 Å². The second-order valence-corrected chi connectivity index (χ2v) is 8.28. The van der Waals surface area contributed by atoms with Crippen molar-refractivity contribution in [2.45, 2.75) is 37.6 Å². The van der Waals surface area contributed by atoms with Gasteiger partial charge in [0.1, 0.15) is 0 Å². The average Bonchev–Trinajstić information content (AvgIpc) is 3.06. The molecule has 0 amide bonds. The molecule has 1 aliphatic rings. The third-order valence-corrected chi connectivity index (χ3v) is 6.55. The molecule has 0 bridgehead atoms. The Hall–Kier alpha value is -2.25. The number of nitrogens with zero attached hydrogens (tertiary/aromatic N) is 2. The number of benzene rings is 2. The molecule has 1 heterocycles. The molecule has 6 nitrogen and oxygen atoms in total. The van der Waals surface area contributed by atoms with Gasteiger partial charge in [0, 0.05) is 18.2 Å². The van der Waals surface area contributed by atoms with Crippen LogP contribution in [0, 0.1) is 24.0 Å². The topological polar surface area (TPSA) is 80.5 Å². The summed E-state index contributed by atoms with van der Waals surface area (Å²) in [7, 11) is -3.79. The molecule has 0 spiro atoms. The maximum absolute atomic E-state index is 13.1. The van der Waals surface area contributed by atoms with E-state index in [9.17, 15) is 18.5 Å². The first kappa shape index (κ1) is 17.6. The molecule has 0 aliphatic carbocycles. The number of hydrogen-bond acceptors (Lipinski definition) is 4. The highest BCUT2D eigenvalue weighted by molar-refractivity contribution is 7.89. The number of rotatable bonds is 4. The van der Waals surface area contributed by atoms with Gasteiger partial charge in [-0.25, -0.2) is 8.42 Å².